The van der Waals surface area contributed by atoms with E-state index in [1.165, 1.54) is 50.6 Å². The molecule has 2 aliphatic carbocycles. The number of amides is 4. The largest absolute Gasteiger partial charge is 0.507 e. The average molecular weight is 770 g/mol. The number of methoxy groups -OCH3 is 2. The van der Waals surface area contributed by atoms with Gasteiger partial charge in [0.05, 0.1) is 37.4 Å². The fourth-order valence-electron chi connectivity index (χ4n) is 8.65. The summed E-state index contributed by atoms with van der Waals surface area (Å²) in [5, 5.41) is 11.6. The fourth-order valence-corrected chi connectivity index (χ4v) is 9.57. The number of allylic oxidation sites excluding steroid dienone is 2. The highest BCUT2D eigenvalue weighted by Crippen LogP contribution is 2.67. The molecule has 274 valence electrons. The van der Waals surface area contributed by atoms with Crippen LogP contribution in [0.5, 0.6) is 17.2 Å². The number of anilines is 2. The number of rotatable bonds is 7. The Hall–Kier alpha value is -5.52. The van der Waals surface area contributed by atoms with Crippen molar-refractivity contribution < 1.29 is 42.9 Å². The molecule has 3 fully saturated rings. The highest BCUT2D eigenvalue weighted by molar-refractivity contribution is 6.58. The summed E-state index contributed by atoms with van der Waals surface area (Å²) >= 11 is 14.9. The first kappa shape index (κ1) is 35.5. The minimum atomic E-state index is -2.29. The molecular weight excluding hydrogens is 738 g/mol. The third kappa shape index (κ3) is 4.94. The molecule has 54 heavy (non-hydrogen) atoms. The van der Waals surface area contributed by atoms with Crippen LogP contribution in [0.25, 0.3) is 0 Å². The minimum Gasteiger partial charge on any atom is -0.507 e. The zero-order chi connectivity index (χ0) is 38.3. The third-order valence-corrected chi connectivity index (χ3v) is 12.6. The quantitative estimate of drug-likeness (QED) is 0.0971. The van der Waals surface area contributed by atoms with Gasteiger partial charge in [-0.15, -0.1) is 23.2 Å². The first-order chi connectivity index (χ1) is 25.8. The number of carbonyl (C=O) groups is 5. The number of fused-ring (bicyclic) bond motifs is 4. The standard InChI is InChI=1S/C41H31Cl2FN2O8/c1-53-26-18-30(47)33(31(19-26)54-2)34-27-16-17-28-32(29(27)20-40(42)38(51)46(39(52)41(34,40)43)25-14-10-23(44)11-15-25)37(50)45(36(28)49)24-12-8-22(9-13-24)35(48)21-6-4-3-5-7-21/h3-16,18-19,28-29,32,34,47H,17,20H2,1-2H3/t28-,29+,32-,34+,40+,41-/m0/s1. The van der Waals surface area contributed by atoms with E-state index in [4.69, 9.17) is 32.7 Å². The molecule has 2 saturated heterocycles. The summed E-state index contributed by atoms with van der Waals surface area (Å²) in [6, 6.07) is 22.3. The normalized spacial score (nSPS) is 27.3. The maximum atomic E-state index is 14.7. The summed E-state index contributed by atoms with van der Waals surface area (Å²) in [6.07, 6.45) is 1.49. The predicted octanol–water partition coefficient (Wildman–Crippen LogP) is 6.55. The molecule has 2 aliphatic heterocycles. The molecule has 1 saturated carbocycles. The monoisotopic (exact) mass is 768 g/mol. The number of nitrogens with zero attached hydrogens (tertiary/aromatic N) is 2. The first-order valence-corrected chi connectivity index (χ1v) is 17.9. The molecule has 8 rings (SSSR count). The number of phenolic OH excluding ortho intramolecular Hbond substituents is 1. The van der Waals surface area contributed by atoms with Crippen LogP contribution in [0.4, 0.5) is 15.8 Å². The van der Waals surface area contributed by atoms with Gasteiger partial charge in [0.1, 0.15) is 23.1 Å². The molecule has 2 heterocycles. The molecule has 0 bridgehead atoms. The molecule has 4 aromatic carbocycles. The van der Waals surface area contributed by atoms with E-state index in [1.807, 2.05) is 0 Å². The second-order valence-corrected chi connectivity index (χ2v) is 15.0. The van der Waals surface area contributed by atoms with Crippen molar-refractivity contribution in [3.63, 3.8) is 0 Å². The van der Waals surface area contributed by atoms with E-state index in [0.717, 1.165) is 21.9 Å². The number of hydrogen-bond acceptors (Lipinski definition) is 8. The van der Waals surface area contributed by atoms with Crippen molar-refractivity contribution in [3.8, 4) is 17.2 Å². The Labute approximate surface area is 318 Å². The van der Waals surface area contributed by atoms with Crippen molar-refractivity contribution in [1.29, 1.82) is 0 Å². The van der Waals surface area contributed by atoms with Crippen LogP contribution in [0.2, 0.25) is 0 Å². The highest BCUT2D eigenvalue weighted by atomic mass is 35.5. The molecule has 4 aliphatic rings. The molecule has 0 unspecified atom stereocenters. The molecule has 10 nitrogen and oxygen atoms in total. The predicted molar refractivity (Wildman–Crippen MR) is 197 cm³/mol. The Bertz CT molecular complexity index is 2300. The van der Waals surface area contributed by atoms with Gasteiger partial charge in [-0.2, -0.15) is 0 Å². The summed E-state index contributed by atoms with van der Waals surface area (Å²) in [5.74, 6) is -7.89. The Balaban J connectivity index is 1.24. The molecule has 13 heteroatoms. The van der Waals surface area contributed by atoms with Crippen LogP contribution in [-0.4, -0.2) is 58.5 Å². The smallest absolute Gasteiger partial charge is 0.258 e. The number of carbonyl (C=O) groups excluding carboxylic acids is 5. The van der Waals surface area contributed by atoms with Gasteiger partial charge in [0.2, 0.25) is 11.8 Å². The number of halogens is 3. The lowest BCUT2D eigenvalue weighted by Crippen LogP contribution is -2.60. The average Bonchev–Trinajstić information content (AvgIpc) is 3.52. The summed E-state index contributed by atoms with van der Waals surface area (Å²) in [4.78, 5) is 68.3. The summed E-state index contributed by atoms with van der Waals surface area (Å²) in [5.41, 5.74) is 1.59. The molecule has 4 amide bonds. The zero-order valence-corrected chi connectivity index (χ0v) is 30.3. The van der Waals surface area contributed by atoms with E-state index in [9.17, 15) is 33.5 Å². The van der Waals surface area contributed by atoms with Crippen molar-refractivity contribution in [2.45, 2.75) is 28.5 Å². The van der Waals surface area contributed by atoms with Gasteiger partial charge in [-0.05, 0) is 67.3 Å². The molecule has 1 N–H and O–H groups in total. The second-order valence-electron chi connectivity index (χ2n) is 13.8. The van der Waals surface area contributed by atoms with Crippen molar-refractivity contribution in [2.24, 2.45) is 17.8 Å². The van der Waals surface area contributed by atoms with Gasteiger partial charge < -0.3 is 14.6 Å². The van der Waals surface area contributed by atoms with Crippen molar-refractivity contribution in [1.82, 2.24) is 0 Å². The Morgan fingerprint density at radius 1 is 0.796 bits per heavy atom. The van der Waals surface area contributed by atoms with Gasteiger partial charge >= 0.3 is 0 Å². The van der Waals surface area contributed by atoms with E-state index >= 15 is 0 Å². The zero-order valence-electron chi connectivity index (χ0n) is 28.8. The molecule has 4 aromatic rings. The van der Waals surface area contributed by atoms with Crippen LogP contribution in [0.3, 0.4) is 0 Å². The Morgan fingerprint density at radius 2 is 1.43 bits per heavy atom. The van der Waals surface area contributed by atoms with Crippen LogP contribution in [0, 0.1) is 23.6 Å². The highest BCUT2D eigenvalue weighted by Gasteiger charge is 2.77. The third-order valence-electron chi connectivity index (χ3n) is 11.2. The Kier molecular flexibility index (Phi) is 8.42. The number of aromatic hydroxyl groups is 1. The number of ether oxygens (including phenoxy) is 2. The number of imide groups is 2. The van der Waals surface area contributed by atoms with Gasteiger partial charge in [0, 0.05) is 34.7 Å². The maximum Gasteiger partial charge on any atom is 0.258 e. The van der Waals surface area contributed by atoms with Crippen molar-refractivity contribution >= 4 is 64.0 Å². The number of phenols is 1. The number of benzene rings is 4. The van der Waals surface area contributed by atoms with Crippen molar-refractivity contribution in [3.05, 3.63) is 125 Å². The number of alkyl halides is 2. The second kappa shape index (κ2) is 12.8. The molecule has 6 atom stereocenters. The maximum absolute atomic E-state index is 14.7. The fraction of sp³-hybridized carbons (Fsp3) is 0.244. The van der Waals surface area contributed by atoms with Gasteiger partial charge in [0.15, 0.2) is 15.5 Å². The lowest BCUT2D eigenvalue weighted by atomic mass is 9.56. The Morgan fingerprint density at radius 3 is 2.07 bits per heavy atom. The van der Waals surface area contributed by atoms with E-state index in [0.29, 0.717) is 16.7 Å². The van der Waals surface area contributed by atoms with E-state index < -0.39 is 62.9 Å². The lowest BCUT2D eigenvalue weighted by Gasteiger charge is -2.50. The van der Waals surface area contributed by atoms with E-state index in [1.54, 1.807) is 48.5 Å². The molecular formula is C41H31Cl2FN2O8. The van der Waals surface area contributed by atoms with Gasteiger partial charge in [-0.1, -0.05) is 42.0 Å². The number of hydrogen-bond donors (Lipinski definition) is 1. The van der Waals surface area contributed by atoms with E-state index in [2.05, 4.69) is 0 Å². The number of ketones is 1. The minimum absolute atomic E-state index is 0.0211. The topological polar surface area (TPSA) is 131 Å². The van der Waals surface area contributed by atoms with E-state index in [-0.39, 0.29) is 52.8 Å². The van der Waals surface area contributed by atoms with Crippen LogP contribution in [0.15, 0.2) is 103 Å². The van der Waals surface area contributed by atoms with Gasteiger partial charge in [0.25, 0.3) is 11.8 Å². The van der Waals surface area contributed by atoms with Gasteiger partial charge in [-0.3, -0.25) is 28.9 Å². The first-order valence-electron chi connectivity index (χ1n) is 17.1. The SMILES string of the molecule is COc1cc(O)c([C@H]2C3=CC[C@@H]4C(=O)N(c5ccc(C(=O)c6ccccc6)cc5)C(=O)[C@@H]4[C@@H]3C[C@@]3(Cl)C(=O)N(c4ccc(F)cc4)C(=O)[C@@]23Cl)c(OC)c1. The molecule has 0 radical (unpaired) electrons. The van der Waals surface area contributed by atoms with Gasteiger partial charge in [-0.25, -0.2) is 9.29 Å². The summed E-state index contributed by atoms with van der Waals surface area (Å²) in [7, 11) is 2.74. The van der Waals surface area contributed by atoms with Crippen LogP contribution in [-0.2, 0) is 19.2 Å². The van der Waals surface area contributed by atoms with Crippen LogP contribution < -0.4 is 19.3 Å². The van der Waals surface area contributed by atoms with Crippen LogP contribution in [0.1, 0.15) is 40.2 Å². The van der Waals surface area contributed by atoms with Crippen molar-refractivity contribution in [2.75, 3.05) is 24.0 Å². The summed E-state index contributed by atoms with van der Waals surface area (Å²) < 4.78 is 25.0. The van der Waals surface area contributed by atoms with Crippen LogP contribution >= 0.6 is 23.2 Å². The lowest BCUT2D eigenvalue weighted by molar-refractivity contribution is -0.125. The molecule has 0 aromatic heterocycles. The summed E-state index contributed by atoms with van der Waals surface area (Å²) in [6.45, 7) is 0. The molecule has 0 spiro atoms.